The van der Waals surface area contributed by atoms with E-state index in [0.717, 1.165) is 4.47 Å². The summed E-state index contributed by atoms with van der Waals surface area (Å²) in [5.74, 6) is -0.551. The molecule has 1 rings (SSSR count). The van der Waals surface area contributed by atoms with E-state index in [0.29, 0.717) is 12.1 Å². The highest BCUT2D eigenvalue weighted by molar-refractivity contribution is 9.10. The lowest BCUT2D eigenvalue weighted by Crippen LogP contribution is -2.47. The SMILES string of the molecule is CC(C)(N)CNC(=O)CNC(=O)c1cccc(Br)c1.Cl. The molecule has 1 aromatic rings. The van der Waals surface area contributed by atoms with E-state index in [1.807, 2.05) is 19.9 Å². The van der Waals surface area contributed by atoms with E-state index in [2.05, 4.69) is 26.6 Å². The summed E-state index contributed by atoms with van der Waals surface area (Å²) in [5.41, 5.74) is 5.77. The highest BCUT2D eigenvalue weighted by Crippen LogP contribution is 2.11. The van der Waals surface area contributed by atoms with Gasteiger partial charge in [0.2, 0.25) is 5.91 Å². The lowest BCUT2D eigenvalue weighted by molar-refractivity contribution is -0.120. The Labute approximate surface area is 133 Å². The molecular weight excluding hydrogens is 346 g/mol. The molecule has 0 fully saturated rings. The highest BCUT2D eigenvalue weighted by atomic mass is 79.9. The summed E-state index contributed by atoms with van der Waals surface area (Å²) >= 11 is 3.28. The number of hydrogen-bond acceptors (Lipinski definition) is 3. The molecule has 112 valence electrons. The average Bonchev–Trinajstić information content (AvgIpc) is 2.32. The van der Waals surface area contributed by atoms with Gasteiger partial charge in [-0.3, -0.25) is 9.59 Å². The Morgan fingerprint density at radius 1 is 1.30 bits per heavy atom. The fourth-order valence-electron chi connectivity index (χ4n) is 1.28. The van der Waals surface area contributed by atoms with Crippen molar-refractivity contribution in [2.75, 3.05) is 13.1 Å². The van der Waals surface area contributed by atoms with Crippen molar-refractivity contribution in [2.45, 2.75) is 19.4 Å². The molecule has 0 bridgehead atoms. The van der Waals surface area contributed by atoms with Crippen LogP contribution in [0.3, 0.4) is 0 Å². The number of carbonyl (C=O) groups is 2. The summed E-state index contributed by atoms with van der Waals surface area (Å²) in [6.07, 6.45) is 0. The third-order valence-corrected chi connectivity index (χ3v) is 2.73. The van der Waals surface area contributed by atoms with Gasteiger partial charge in [0.25, 0.3) is 5.91 Å². The van der Waals surface area contributed by atoms with E-state index in [1.54, 1.807) is 18.2 Å². The summed E-state index contributed by atoms with van der Waals surface area (Å²) < 4.78 is 0.814. The van der Waals surface area contributed by atoms with E-state index in [1.165, 1.54) is 0 Å². The average molecular weight is 365 g/mol. The Morgan fingerprint density at radius 3 is 2.50 bits per heavy atom. The summed E-state index contributed by atoms with van der Waals surface area (Å²) in [6, 6.07) is 6.96. The molecular formula is C13H19BrClN3O2. The molecule has 2 amide bonds. The summed E-state index contributed by atoms with van der Waals surface area (Å²) in [5, 5.41) is 5.20. The van der Waals surface area contributed by atoms with Crippen molar-refractivity contribution in [1.29, 1.82) is 0 Å². The molecule has 0 saturated heterocycles. The van der Waals surface area contributed by atoms with Crippen LogP contribution in [0.4, 0.5) is 0 Å². The van der Waals surface area contributed by atoms with Crippen LogP contribution in [0.2, 0.25) is 0 Å². The second-order valence-electron chi connectivity index (χ2n) is 4.96. The molecule has 0 aliphatic heterocycles. The van der Waals surface area contributed by atoms with Crippen LogP contribution < -0.4 is 16.4 Å². The van der Waals surface area contributed by atoms with Crippen LogP contribution >= 0.6 is 28.3 Å². The molecule has 0 aliphatic rings. The zero-order chi connectivity index (χ0) is 14.5. The van der Waals surface area contributed by atoms with Crippen molar-refractivity contribution >= 4 is 40.2 Å². The minimum atomic E-state index is -0.468. The van der Waals surface area contributed by atoms with Gasteiger partial charge in [-0.25, -0.2) is 0 Å². The van der Waals surface area contributed by atoms with Gasteiger partial charge in [0, 0.05) is 22.1 Å². The maximum Gasteiger partial charge on any atom is 0.251 e. The molecule has 0 unspecified atom stereocenters. The van der Waals surface area contributed by atoms with Gasteiger partial charge in [0.05, 0.1) is 6.54 Å². The number of nitrogens with one attached hydrogen (secondary N) is 2. The van der Waals surface area contributed by atoms with Crippen molar-refractivity contribution in [3.05, 3.63) is 34.3 Å². The zero-order valence-corrected chi connectivity index (χ0v) is 13.8. The third-order valence-electron chi connectivity index (χ3n) is 2.24. The number of nitrogens with two attached hydrogens (primary N) is 1. The number of carbonyl (C=O) groups excluding carboxylic acids is 2. The smallest absolute Gasteiger partial charge is 0.251 e. The first-order valence-electron chi connectivity index (χ1n) is 5.87. The molecule has 0 saturated carbocycles. The van der Waals surface area contributed by atoms with Gasteiger partial charge in [-0.05, 0) is 32.0 Å². The highest BCUT2D eigenvalue weighted by Gasteiger charge is 2.13. The maximum atomic E-state index is 11.8. The molecule has 4 N–H and O–H groups in total. The van der Waals surface area contributed by atoms with Crippen molar-refractivity contribution in [2.24, 2.45) is 5.73 Å². The summed E-state index contributed by atoms with van der Waals surface area (Å²) in [4.78, 5) is 23.3. The van der Waals surface area contributed by atoms with Gasteiger partial charge in [0.1, 0.15) is 0 Å². The molecule has 0 heterocycles. The van der Waals surface area contributed by atoms with Gasteiger partial charge in [-0.1, -0.05) is 22.0 Å². The van der Waals surface area contributed by atoms with Crippen molar-refractivity contribution in [1.82, 2.24) is 10.6 Å². The molecule has 0 atom stereocenters. The van der Waals surface area contributed by atoms with Gasteiger partial charge >= 0.3 is 0 Å². The van der Waals surface area contributed by atoms with Crippen LogP contribution in [-0.4, -0.2) is 30.4 Å². The van der Waals surface area contributed by atoms with E-state index in [9.17, 15) is 9.59 Å². The first kappa shape index (κ1) is 18.9. The largest absolute Gasteiger partial charge is 0.353 e. The maximum absolute atomic E-state index is 11.8. The normalized spacial score (nSPS) is 10.4. The second kappa shape index (κ2) is 8.24. The second-order valence-corrected chi connectivity index (χ2v) is 5.87. The minimum absolute atomic E-state index is 0. The lowest BCUT2D eigenvalue weighted by Gasteiger charge is -2.18. The van der Waals surface area contributed by atoms with Crippen molar-refractivity contribution in [3.8, 4) is 0 Å². The molecule has 7 heteroatoms. The van der Waals surface area contributed by atoms with Crippen LogP contribution in [0.15, 0.2) is 28.7 Å². The number of benzene rings is 1. The Hall–Kier alpha value is -1.11. The topological polar surface area (TPSA) is 84.2 Å². The van der Waals surface area contributed by atoms with E-state index in [-0.39, 0.29) is 30.8 Å². The Morgan fingerprint density at radius 2 is 1.95 bits per heavy atom. The molecule has 0 aromatic heterocycles. The summed E-state index contributed by atoms with van der Waals surface area (Å²) in [6.45, 7) is 3.92. The lowest BCUT2D eigenvalue weighted by atomic mass is 10.1. The predicted molar refractivity (Wildman–Crippen MR) is 85.0 cm³/mol. The number of rotatable bonds is 5. The summed E-state index contributed by atoms with van der Waals surface area (Å²) in [7, 11) is 0. The number of halogens is 2. The van der Waals surface area contributed by atoms with Crippen molar-refractivity contribution in [3.63, 3.8) is 0 Å². The van der Waals surface area contributed by atoms with E-state index >= 15 is 0 Å². The monoisotopic (exact) mass is 363 g/mol. The predicted octanol–water partition coefficient (Wildman–Crippen LogP) is 1.45. The van der Waals surface area contributed by atoms with E-state index < -0.39 is 5.54 Å². The fraction of sp³-hybridized carbons (Fsp3) is 0.385. The van der Waals surface area contributed by atoms with Gasteiger partial charge < -0.3 is 16.4 Å². The van der Waals surface area contributed by atoms with Gasteiger partial charge in [-0.15, -0.1) is 12.4 Å². The van der Waals surface area contributed by atoms with Gasteiger partial charge in [-0.2, -0.15) is 0 Å². The quantitative estimate of drug-likeness (QED) is 0.739. The van der Waals surface area contributed by atoms with Crippen molar-refractivity contribution < 1.29 is 9.59 Å². The van der Waals surface area contributed by atoms with Crippen LogP contribution in [-0.2, 0) is 4.79 Å². The molecule has 1 aromatic carbocycles. The molecule has 0 radical (unpaired) electrons. The third kappa shape index (κ3) is 7.47. The Bertz CT molecular complexity index is 475. The zero-order valence-electron chi connectivity index (χ0n) is 11.4. The molecule has 0 spiro atoms. The van der Waals surface area contributed by atoms with Crippen LogP contribution in [0.25, 0.3) is 0 Å². The van der Waals surface area contributed by atoms with Crippen LogP contribution in [0, 0.1) is 0 Å². The number of hydrogen-bond donors (Lipinski definition) is 3. The number of amides is 2. The van der Waals surface area contributed by atoms with Gasteiger partial charge in [0.15, 0.2) is 0 Å². The molecule has 20 heavy (non-hydrogen) atoms. The minimum Gasteiger partial charge on any atom is -0.353 e. The standard InChI is InChI=1S/C13H18BrN3O2.ClH/c1-13(2,15)8-17-11(18)7-16-12(19)9-4-3-5-10(14)6-9;/h3-6H,7-8,15H2,1-2H3,(H,16,19)(H,17,18);1H. The molecule has 0 aliphatic carbocycles. The first-order valence-corrected chi connectivity index (χ1v) is 6.66. The Kier molecular flexibility index (Phi) is 7.78. The fourth-order valence-corrected chi connectivity index (χ4v) is 1.68. The Balaban J connectivity index is 0.00000361. The van der Waals surface area contributed by atoms with Crippen LogP contribution in [0.5, 0.6) is 0 Å². The molecule has 5 nitrogen and oxygen atoms in total. The van der Waals surface area contributed by atoms with E-state index in [4.69, 9.17) is 5.73 Å². The first-order chi connectivity index (χ1) is 8.78. The van der Waals surface area contributed by atoms with Crippen LogP contribution in [0.1, 0.15) is 24.2 Å².